The number of nitrogens with one attached hydrogen (secondary N) is 2. The molecule has 0 amide bonds. The van der Waals surface area contributed by atoms with Gasteiger partial charge in [-0.2, -0.15) is 0 Å². The minimum Gasteiger partial charge on any atom is -0.332 e. The molecule has 0 aliphatic heterocycles. The Balaban J connectivity index is 1.98. The van der Waals surface area contributed by atoms with E-state index in [1.54, 1.807) is 12.3 Å². The van der Waals surface area contributed by atoms with E-state index in [4.69, 9.17) is 23.8 Å². The molecule has 0 saturated carbocycles. The van der Waals surface area contributed by atoms with Gasteiger partial charge in [-0.25, -0.2) is 4.98 Å². The molecule has 0 aliphatic carbocycles. The van der Waals surface area contributed by atoms with Gasteiger partial charge >= 0.3 is 0 Å². The first kappa shape index (κ1) is 12.8. The van der Waals surface area contributed by atoms with Crippen LogP contribution in [0.2, 0.25) is 5.02 Å². The fourth-order valence-corrected chi connectivity index (χ4v) is 1.80. The van der Waals surface area contributed by atoms with Crippen molar-refractivity contribution in [3.63, 3.8) is 0 Å². The van der Waals surface area contributed by atoms with Crippen LogP contribution in [0.15, 0.2) is 42.6 Å². The maximum absolute atomic E-state index is 5.89. The molecule has 2 aromatic rings. The molecule has 1 aromatic carbocycles. The van der Waals surface area contributed by atoms with E-state index in [-0.39, 0.29) is 0 Å². The number of aromatic nitrogens is 1. The Morgan fingerprint density at radius 1 is 1.22 bits per heavy atom. The first-order valence-corrected chi connectivity index (χ1v) is 6.18. The molecule has 1 heterocycles. The summed E-state index contributed by atoms with van der Waals surface area (Å²) in [5.74, 6) is 0.708. The number of hydrogen-bond acceptors (Lipinski definition) is 2. The highest BCUT2D eigenvalue weighted by Gasteiger charge is 2.00. The molecule has 2 rings (SSSR count). The zero-order valence-corrected chi connectivity index (χ0v) is 11.3. The molecule has 0 saturated heterocycles. The number of pyridine rings is 1. The van der Waals surface area contributed by atoms with E-state index in [0.717, 1.165) is 11.3 Å². The maximum Gasteiger partial charge on any atom is 0.176 e. The predicted molar refractivity (Wildman–Crippen MR) is 80.3 cm³/mol. The van der Waals surface area contributed by atoms with Crippen LogP contribution < -0.4 is 10.6 Å². The largest absolute Gasteiger partial charge is 0.332 e. The van der Waals surface area contributed by atoms with E-state index in [1.807, 2.05) is 37.3 Å². The summed E-state index contributed by atoms with van der Waals surface area (Å²) in [5, 5.41) is 7.19. The van der Waals surface area contributed by atoms with Gasteiger partial charge in [-0.3, -0.25) is 0 Å². The van der Waals surface area contributed by atoms with Crippen molar-refractivity contribution in [1.82, 2.24) is 4.98 Å². The Bertz CT molecular complexity index is 554. The Kier molecular flexibility index (Phi) is 4.12. The van der Waals surface area contributed by atoms with Crippen molar-refractivity contribution in [3.8, 4) is 0 Å². The minimum atomic E-state index is 0.480. The molecule has 5 heteroatoms. The number of nitrogens with zero attached hydrogens (tertiary/aromatic N) is 1. The Morgan fingerprint density at radius 2 is 2.06 bits per heavy atom. The molecule has 18 heavy (non-hydrogen) atoms. The average Bonchev–Trinajstić information content (AvgIpc) is 2.32. The molecule has 0 bridgehead atoms. The Hall–Kier alpha value is -1.65. The SMILES string of the molecule is Cc1ccc(NC(=S)Nc2cccc(Cl)c2)nc1. The van der Waals surface area contributed by atoms with E-state index < -0.39 is 0 Å². The van der Waals surface area contributed by atoms with Crippen molar-refractivity contribution in [2.45, 2.75) is 6.92 Å². The van der Waals surface area contributed by atoms with E-state index in [2.05, 4.69) is 15.6 Å². The van der Waals surface area contributed by atoms with Crippen LogP contribution in [0.3, 0.4) is 0 Å². The summed E-state index contributed by atoms with van der Waals surface area (Å²) in [6.45, 7) is 1.99. The highest BCUT2D eigenvalue weighted by molar-refractivity contribution is 7.80. The zero-order chi connectivity index (χ0) is 13.0. The Morgan fingerprint density at radius 3 is 2.72 bits per heavy atom. The fraction of sp³-hybridized carbons (Fsp3) is 0.0769. The number of benzene rings is 1. The average molecular weight is 278 g/mol. The van der Waals surface area contributed by atoms with Gasteiger partial charge in [-0.15, -0.1) is 0 Å². The number of anilines is 2. The second kappa shape index (κ2) is 5.80. The predicted octanol–water partition coefficient (Wildman–Crippen LogP) is 3.85. The van der Waals surface area contributed by atoms with Gasteiger partial charge < -0.3 is 10.6 Å². The molecule has 3 nitrogen and oxygen atoms in total. The monoisotopic (exact) mass is 277 g/mol. The van der Waals surface area contributed by atoms with Crippen LogP contribution in [0.25, 0.3) is 0 Å². The molecule has 0 fully saturated rings. The summed E-state index contributed by atoms with van der Waals surface area (Å²) >= 11 is 11.1. The molecular formula is C13H12ClN3S. The van der Waals surface area contributed by atoms with Crippen molar-refractivity contribution >= 4 is 40.4 Å². The van der Waals surface area contributed by atoms with Crippen LogP contribution in [-0.4, -0.2) is 10.1 Å². The first-order chi connectivity index (χ1) is 8.63. The maximum atomic E-state index is 5.89. The molecule has 2 N–H and O–H groups in total. The van der Waals surface area contributed by atoms with Crippen molar-refractivity contribution in [3.05, 3.63) is 53.2 Å². The van der Waals surface area contributed by atoms with Crippen LogP contribution in [0.1, 0.15) is 5.56 Å². The third kappa shape index (κ3) is 3.68. The van der Waals surface area contributed by atoms with E-state index in [1.165, 1.54) is 0 Å². The van der Waals surface area contributed by atoms with Crippen molar-refractivity contribution in [2.24, 2.45) is 0 Å². The van der Waals surface area contributed by atoms with Crippen LogP contribution >= 0.6 is 23.8 Å². The molecule has 1 aromatic heterocycles. The normalized spacial score (nSPS) is 9.89. The molecule has 92 valence electrons. The summed E-state index contributed by atoms with van der Waals surface area (Å²) in [6.07, 6.45) is 1.78. The summed E-state index contributed by atoms with van der Waals surface area (Å²) in [4.78, 5) is 4.21. The lowest BCUT2D eigenvalue weighted by Crippen LogP contribution is -2.19. The molecular weight excluding hydrogens is 266 g/mol. The lowest BCUT2D eigenvalue weighted by atomic mass is 10.3. The first-order valence-electron chi connectivity index (χ1n) is 5.40. The van der Waals surface area contributed by atoms with Gasteiger partial charge in [0.05, 0.1) is 0 Å². The topological polar surface area (TPSA) is 37.0 Å². The lowest BCUT2D eigenvalue weighted by Gasteiger charge is -2.10. The van der Waals surface area contributed by atoms with Gasteiger partial charge in [0.2, 0.25) is 0 Å². The van der Waals surface area contributed by atoms with Crippen molar-refractivity contribution in [2.75, 3.05) is 10.6 Å². The molecule has 0 spiro atoms. The van der Waals surface area contributed by atoms with Crippen LogP contribution in [-0.2, 0) is 0 Å². The lowest BCUT2D eigenvalue weighted by molar-refractivity contribution is 1.27. The highest BCUT2D eigenvalue weighted by atomic mass is 35.5. The third-order valence-electron chi connectivity index (χ3n) is 2.24. The standard InChI is InChI=1S/C13H12ClN3S/c1-9-5-6-12(15-8-9)17-13(18)16-11-4-2-3-10(14)7-11/h2-8H,1H3,(H2,15,16,17,18). The van der Waals surface area contributed by atoms with Gasteiger partial charge in [0.1, 0.15) is 5.82 Å². The van der Waals surface area contributed by atoms with Gasteiger partial charge in [-0.05, 0) is 49.0 Å². The van der Waals surface area contributed by atoms with E-state index in [9.17, 15) is 0 Å². The summed E-state index contributed by atoms with van der Waals surface area (Å²) in [6, 6.07) is 11.2. The Labute approximate surface area is 116 Å². The second-order valence-electron chi connectivity index (χ2n) is 3.81. The quantitative estimate of drug-likeness (QED) is 0.818. The van der Waals surface area contributed by atoms with Crippen LogP contribution in [0, 0.1) is 6.92 Å². The van der Waals surface area contributed by atoms with Gasteiger partial charge in [0, 0.05) is 16.9 Å². The number of hydrogen-bond donors (Lipinski definition) is 2. The summed E-state index contributed by atoms with van der Waals surface area (Å²) in [5.41, 5.74) is 1.95. The highest BCUT2D eigenvalue weighted by Crippen LogP contribution is 2.15. The van der Waals surface area contributed by atoms with Gasteiger partial charge in [0.25, 0.3) is 0 Å². The summed E-state index contributed by atoms with van der Waals surface area (Å²) in [7, 11) is 0. The van der Waals surface area contributed by atoms with E-state index in [0.29, 0.717) is 16.0 Å². The summed E-state index contributed by atoms with van der Waals surface area (Å²) < 4.78 is 0. The molecule has 0 radical (unpaired) electrons. The molecule has 0 atom stereocenters. The molecule has 0 aliphatic rings. The van der Waals surface area contributed by atoms with Crippen molar-refractivity contribution in [1.29, 1.82) is 0 Å². The molecule has 0 unspecified atom stereocenters. The third-order valence-corrected chi connectivity index (χ3v) is 2.67. The van der Waals surface area contributed by atoms with Crippen LogP contribution in [0.4, 0.5) is 11.5 Å². The number of thiocarbonyl (C=S) groups is 1. The smallest absolute Gasteiger partial charge is 0.176 e. The van der Waals surface area contributed by atoms with Gasteiger partial charge in [0.15, 0.2) is 5.11 Å². The fourth-order valence-electron chi connectivity index (χ4n) is 1.39. The van der Waals surface area contributed by atoms with Gasteiger partial charge in [-0.1, -0.05) is 23.7 Å². The van der Waals surface area contributed by atoms with E-state index >= 15 is 0 Å². The minimum absolute atomic E-state index is 0.480. The zero-order valence-electron chi connectivity index (χ0n) is 9.77. The number of rotatable bonds is 2. The number of aryl methyl sites for hydroxylation is 1. The van der Waals surface area contributed by atoms with Crippen molar-refractivity contribution < 1.29 is 0 Å². The number of halogens is 1. The van der Waals surface area contributed by atoms with Crippen LogP contribution in [0.5, 0.6) is 0 Å². The second-order valence-corrected chi connectivity index (χ2v) is 4.65.